The van der Waals surface area contributed by atoms with Gasteiger partial charge in [-0.3, -0.25) is 0 Å². The fourth-order valence-corrected chi connectivity index (χ4v) is 2.38. The molecule has 0 amide bonds. The van der Waals surface area contributed by atoms with Crippen LogP contribution in [-0.2, 0) is 13.0 Å². The summed E-state index contributed by atoms with van der Waals surface area (Å²) < 4.78 is 5.16. The molecule has 0 unspecified atom stereocenters. The molecule has 0 atom stereocenters. The Morgan fingerprint density at radius 1 is 1.20 bits per heavy atom. The van der Waals surface area contributed by atoms with E-state index in [9.17, 15) is 0 Å². The van der Waals surface area contributed by atoms with E-state index in [0.29, 0.717) is 0 Å². The summed E-state index contributed by atoms with van der Waals surface area (Å²) in [6.45, 7) is 2.83. The van der Waals surface area contributed by atoms with E-state index in [1.54, 1.807) is 13.4 Å². The van der Waals surface area contributed by atoms with Crippen LogP contribution in [0.2, 0.25) is 0 Å². The number of benzene rings is 1. The summed E-state index contributed by atoms with van der Waals surface area (Å²) in [5, 5.41) is 3.39. The van der Waals surface area contributed by atoms with Gasteiger partial charge in [-0.15, -0.1) is 0 Å². The van der Waals surface area contributed by atoms with Gasteiger partial charge in [0.15, 0.2) is 0 Å². The van der Waals surface area contributed by atoms with Crippen molar-refractivity contribution in [1.82, 2.24) is 9.97 Å². The molecule has 0 saturated carbocycles. The molecule has 102 valence electrons. The van der Waals surface area contributed by atoms with Gasteiger partial charge in [-0.2, -0.15) is 0 Å². The van der Waals surface area contributed by atoms with Crippen molar-refractivity contribution >= 4 is 11.4 Å². The molecule has 0 spiro atoms. The number of allylic oxidation sites excluding steroid dienone is 2. The third-order valence-electron chi connectivity index (χ3n) is 3.55. The van der Waals surface area contributed by atoms with E-state index in [2.05, 4.69) is 40.4 Å². The molecule has 20 heavy (non-hydrogen) atoms. The van der Waals surface area contributed by atoms with Gasteiger partial charge in [0.05, 0.1) is 12.8 Å². The van der Waals surface area contributed by atoms with Crippen molar-refractivity contribution in [3.05, 3.63) is 53.5 Å². The second-order valence-corrected chi connectivity index (χ2v) is 4.84. The van der Waals surface area contributed by atoms with Crippen molar-refractivity contribution in [2.75, 3.05) is 12.4 Å². The molecular formula is C16H17N3O. The summed E-state index contributed by atoms with van der Waals surface area (Å²) in [7, 11) is 1.67. The molecule has 4 nitrogen and oxygen atoms in total. The Balaban J connectivity index is 1.73. The highest BCUT2D eigenvalue weighted by molar-refractivity contribution is 5.72. The van der Waals surface area contributed by atoms with Crippen molar-refractivity contribution < 1.29 is 4.74 Å². The number of nitrogens with one attached hydrogen (secondary N) is 1. The van der Waals surface area contributed by atoms with Crippen LogP contribution in [0.1, 0.15) is 23.7 Å². The van der Waals surface area contributed by atoms with Gasteiger partial charge in [-0.25, -0.2) is 9.97 Å². The molecule has 1 aromatic heterocycles. The van der Waals surface area contributed by atoms with Crippen LogP contribution in [0, 0.1) is 0 Å². The first kappa shape index (κ1) is 12.7. The molecule has 1 heterocycles. The largest absolute Gasteiger partial charge is 0.497 e. The molecule has 0 saturated heterocycles. The maximum absolute atomic E-state index is 5.16. The molecule has 0 bridgehead atoms. The van der Waals surface area contributed by atoms with Crippen LogP contribution in [0.4, 0.5) is 5.82 Å². The van der Waals surface area contributed by atoms with Gasteiger partial charge in [0.1, 0.15) is 17.9 Å². The normalized spacial score (nSPS) is 12.8. The molecule has 0 radical (unpaired) electrons. The second-order valence-electron chi connectivity index (χ2n) is 4.84. The van der Waals surface area contributed by atoms with Gasteiger partial charge in [-0.1, -0.05) is 18.2 Å². The zero-order valence-electron chi connectivity index (χ0n) is 11.7. The average Bonchev–Trinajstić information content (AvgIpc) is 2.88. The SMILES string of the molecule is COc1ccc(CNc2ncnc3c2CC=C3C)cc1. The summed E-state index contributed by atoms with van der Waals surface area (Å²) in [5.74, 6) is 1.80. The van der Waals surface area contributed by atoms with Crippen molar-refractivity contribution in [3.8, 4) is 5.75 Å². The number of hydrogen-bond donors (Lipinski definition) is 1. The van der Waals surface area contributed by atoms with Gasteiger partial charge in [0, 0.05) is 12.1 Å². The lowest BCUT2D eigenvalue weighted by Crippen LogP contribution is -2.05. The highest BCUT2D eigenvalue weighted by Crippen LogP contribution is 2.29. The fourth-order valence-electron chi connectivity index (χ4n) is 2.38. The third kappa shape index (κ3) is 2.37. The van der Waals surface area contributed by atoms with Crippen LogP contribution in [0.15, 0.2) is 36.7 Å². The number of hydrogen-bond acceptors (Lipinski definition) is 4. The molecule has 1 aliphatic rings. The van der Waals surface area contributed by atoms with Gasteiger partial charge < -0.3 is 10.1 Å². The van der Waals surface area contributed by atoms with Crippen LogP contribution in [0.25, 0.3) is 5.57 Å². The van der Waals surface area contributed by atoms with E-state index < -0.39 is 0 Å². The van der Waals surface area contributed by atoms with Gasteiger partial charge in [0.2, 0.25) is 0 Å². The van der Waals surface area contributed by atoms with E-state index in [1.165, 1.54) is 16.7 Å². The Kier molecular flexibility index (Phi) is 3.37. The zero-order valence-corrected chi connectivity index (χ0v) is 11.7. The summed E-state index contributed by atoms with van der Waals surface area (Å²) in [6.07, 6.45) is 4.72. The standard InChI is InChI=1S/C16H17N3O/c1-11-3-8-14-15(11)18-10-19-16(14)17-9-12-4-6-13(20-2)7-5-12/h3-7,10H,8-9H2,1-2H3,(H,17,18,19). The van der Waals surface area contributed by atoms with Crippen molar-refractivity contribution in [2.45, 2.75) is 19.9 Å². The van der Waals surface area contributed by atoms with E-state index >= 15 is 0 Å². The van der Waals surface area contributed by atoms with Crippen molar-refractivity contribution in [2.24, 2.45) is 0 Å². The minimum Gasteiger partial charge on any atom is -0.497 e. The van der Waals surface area contributed by atoms with Gasteiger partial charge >= 0.3 is 0 Å². The first-order valence-corrected chi connectivity index (χ1v) is 6.65. The van der Waals surface area contributed by atoms with E-state index in [-0.39, 0.29) is 0 Å². The number of fused-ring (bicyclic) bond motifs is 1. The Morgan fingerprint density at radius 3 is 2.75 bits per heavy atom. The van der Waals surface area contributed by atoms with Gasteiger partial charge in [0.25, 0.3) is 0 Å². The average molecular weight is 267 g/mol. The minimum atomic E-state index is 0.743. The number of aromatic nitrogens is 2. The molecule has 3 rings (SSSR count). The maximum Gasteiger partial charge on any atom is 0.133 e. The fraction of sp³-hybridized carbons (Fsp3) is 0.250. The monoisotopic (exact) mass is 267 g/mol. The summed E-state index contributed by atoms with van der Waals surface area (Å²) in [5.41, 5.74) is 4.69. The highest BCUT2D eigenvalue weighted by Gasteiger charge is 2.16. The van der Waals surface area contributed by atoms with Gasteiger partial charge in [-0.05, 0) is 36.6 Å². The number of nitrogens with zero attached hydrogens (tertiary/aromatic N) is 2. The lowest BCUT2D eigenvalue weighted by atomic mass is 10.2. The highest BCUT2D eigenvalue weighted by atomic mass is 16.5. The number of methoxy groups -OCH3 is 1. The van der Waals surface area contributed by atoms with Crippen LogP contribution >= 0.6 is 0 Å². The van der Waals surface area contributed by atoms with Crippen molar-refractivity contribution in [3.63, 3.8) is 0 Å². The smallest absolute Gasteiger partial charge is 0.133 e. The number of ether oxygens (including phenoxy) is 1. The summed E-state index contributed by atoms with van der Waals surface area (Å²) >= 11 is 0. The Hall–Kier alpha value is -2.36. The molecule has 1 aliphatic carbocycles. The lowest BCUT2D eigenvalue weighted by molar-refractivity contribution is 0.414. The lowest BCUT2D eigenvalue weighted by Gasteiger charge is -2.10. The number of rotatable bonds is 4. The van der Waals surface area contributed by atoms with Crippen LogP contribution in [0.3, 0.4) is 0 Å². The third-order valence-corrected chi connectivity index (χ3v) is 3.55. The molecule has 2 aromatic rings. The molecule has 1 aromatic carbocycles. The van der Waals surface area contributed by atoms with E-state index in [4.69, 9.17) is 4.74 Å². The molecule has 1 N–H and O–H groups in total. The predicted octanol–water partition coefficient (Wildman–Crippen LogP) is 3.06. The Bertz CT molecular complexity index is 647. The summed E-state index contributed by atoms with van der Waals surface area (Å²) in [6, 6.07) is 8.04. The predicted molar refractivity (Wildman–Crippen MR) is 79.7 cm³/mol. The Morgan fingerprint density at radius 2 is 2.00 bits per heavy atom. The van der Waals surface area contributed by atoms with Crippen LogP contribution in [0.5, 0.6) is 5.75 Å². The van der Waals surface area contributed by atoms with Crippen LogP contribution < -0.4 is 10.1 Å². The summed E-state index contributed by atoms with van der Waals surface area (Å²) in [4.78, 5) is 8.70. The number of anilines is 1. The minimum absolute atomic E-state index is 0.743. The maximum atomic E-state index is 5.16. The topological polar surface area (TPSA) is 47.0 Å². The molecular weight excluding hydrogens is 250 g/mol. The van der Waals surface area contributed by atoms with Crippen LogP contribution in [-0.4, -0.2) is 17.1 Å². The first-order chi connectivity index (χ1) is 9.78. The zero-order chi connectivity index (χ0) is 13.9. The molecule has 0 fully saturated rings. The van der Waals surface area contributed by atoms with E-state index in [0.717, 1.165) is 30.2 Å². The Labute approximate surface area is 118 Å². The quantitative estimate of drug-likeness (QED) is 0.925. The molecule has 4 heteroatoms. The molecule has 0 aliphatic heterocycles. The second kappa shape index (κ2) is 5.33. The van der Waals surface area contributed by atoms with E-state index in [1.807, 2.05) is 12.1 Å². The first-order valence-electron chi connectivity index (χ1n) is 6.65. The van der Waals surface area contributed by atoms with Crippen molar-refractivity contribution in [1.29, 1.82) is 0 Å².